The lowest BCUT2D eigenvalue weighted by Crippen LogP contribution is -2.16. The van der Waals surface area contributed by atoms with E-state index in [1.807, 2.05) is 6.92 Å². The monoisotopic (exact) mass is 365 g/mol. The Hall–Kier alpha value is -1.91. The van der Waals surface area contributed by atoms with Crippen molar-refractivity contribution in [2.45, 2.75) is 44.5 Å². The number of halogens is 3. The molecule has 2 aromatic heterocycles. The summed E-state index contributed by atoms with van der Waals surface area (Å²) in [6.45, 7) is 4.16. The minimum Gasteiger partial charge on any atom is -0.314 e. The van der Waals surface area contributed by atoms with Gasteiger partial charge in [0.1, 0.15) is 17.4 Å². The molecule has 0 radical (unpaired) electrons. The molecule has 0 amide bonds. The summed E-state index contributed by atoms with van der Waals surface area (Å²) >= 11 is 0. The van der Waals surface area contributed by atoms with Crippen molar-refractivity contribution in [1.82, 2.24) is 24.5 Å². The van der Waals surface area contributed by atoms with E-state index in [9.17, 15) is 21.6 Å². The highest BCUT2D eigenvalue weighted by Crippen LogP contribution is 2.31. The van der Waals surface area contributed by atoms with E-state index in [-0.39, 0.29) is 11.4 Å². The van der Waals surface area contributed by atoms with Crippen LogP contribution in [0.25, 0.3) is 0 Å². The van der Waals surface area contributed by atoms with Crippen LogP contribution in [0.2, 0.25) is 0 Å². The minimum atomic E-state index is -4.70. The minimum absolute atomic E-state index is 0.229. The second-order valence-electron chi connectivity index (χ2n) is 5.52. The van der Waals surface area contributed by atoms with Crippen LogP contribution < -0.4 is 0 Å². The molecule has 0 atom stereocenters. The standard InChI is InChI=1S/C13H18F3N5O2S/c1-4-5-21-9(2)17-18-11(21)8-24(22,23)7-10-6-20(3)19-12(10)13(14,15)16/h6H,4-5,7-8H2,1-3H3. The summed E-state index contributed by atoms with van der Waals surface area (Å²) in [7, 11) is -2.55. The van der Waals surface area contributed by atoms with E-state index in [0.29, 0.717) is 12.4 Å². The number of nitrogens with zero attached hydrogens (tertiary/aromatic N) is 5. The lowest BCUT2D eigenvalue weighted by Gasteiger charge is -2.09. The van der Waals surface area contributed by atoms with Crippen molar-refractivity contribution in [3.8, 4) is 0 Å². The van der Waals surface area contributed by atoms with E-state index in [1.54, 1.807) is 11.5 Å². The third-order valence-corrected chi connectivity index (χ3v) is 4.81. The van der Waals surface area contributed by atoms with Crippen LogP contribution in [0.3, 0.4) is 0 Å². The number of sulfone groups is 1. The van der Waals surface area contributed by atoms with E-state index >= 15 is 0 Å². The number of hydrogen-bond donors (Lipinski definition) is 0. The van der Waals surface area contributed by atoms with Gasteiger partial charge in [0.15, 0.2) is 15.5 Å². The quantitative estimate of drug-likeness (QED) is 0.780. The van der Waals surface area contributed by atoms with Crippen molar-refractivity contribution in [2.24, 2.45) is 7.05 Å². The van der Waals surface area contributed by atoms with Crippen LogP contribution in [0.1, 0.15) is 36.3 Å². The van der Waals surface area contributed by atoms with E-state index in [1.165, 1.54) is 7.05 Å². The zero-order valence-electron chi connectivity index (χ0n) is 13.5. The zero-order chi connectivity index (χ0) is 18.1. The average Bonchev–Trinajstić information content (AvgIpc) is 2.94. The maximum absolute atomic E-state index is 12.9. The molecule has 7 nitrogen and oxygen atoms in total. The lowest BCUT2D eigenvalue weighted by molar-refractivity contribution is -0.141. The van der Waals surface area contributed by atoms with Gasteiger partial charge in [0.25, 0.3) is 0 Å². The van der Waals surface area contributed by atoms with Crippen molar-refractivity contribution >= 4 is 9.84 Å². The first kappa shape index (κ1) is 18.4. The second-order valence-corrected chi connectivity index (χ2v) is 7.59. The summed E-state index contributed by atoms with van der Waals surface area (Å²) in [6.07, 6.45) is -2.87. The Labute approximate surface area is 137 Å². The van der Waals surface area contributed by atoms with E-state index in [4.69, 9.17) is 0 Å². The molecule has 0 unspecified atom stereocenters. The highest BCUT2D eigenvalue weighted by molar-refractivity contribution is 7.89. The van der Waals surface area contributed by atoms with E-state index < -0.39 is 33.2 Å². The molecule has 0 aliphatic heterocycles. The van der Waals surface area contributed by atoms with Crippen LogP contribution in [0.5, 0.6) is 0 Å². The molecule has 11 heteroatoms. The molecule has 2 aromatic rings. The molecule has 0 N–H and O–H groups in total. The normalized spacial score (nSPS) is 12.8. The van der Waals surface area contributed by atoms with Crippen molar-refractivity contribution in [2.75, 3.05) is 0 Å². The van der Waals surface area contributed by atoms with E-state index in [0.717, 1.165) is 17.3 Å². The van der Waals surface area contributed by atoms with Crippen LogP contribution >= 0.6 is 0 Å². The smallest absolute Gasteiger partial charge is 0.314 e. The third-order valence-electron chi connectivity index (χ3n) is 3.36. The highest BCUT2D eigenvalue weighted by Gasteiger charge is 2.38. The summed E-state index contributed by atoms with van der Waals surface area (Å²) in [5.41, 5.74) is -1.55. The molecule has 0 aliphatic rings. The van der Waals surface area contributed by atoms with Gasteiger partial charge in [-0.05, 0) is 13.3 Å². The van der Waals surface area contributed by atoms with Gasteiger partial charge in [0, 0.05) is 25.4 Å². The number of aromatic nitrogens is 5. The molecule has 0 fully saturated rings. The molecule has 2 rings (SSSR count). The van der Waals surface area contributed by atoms with Gasteiger partial charge in [-0.2, -0.15) is 18.3 Å². The fourth-order valence-electron chi connectivity index (χ4n) is 2.41. The molecule has 0 aromatic carbocycles. The largest absolute Gasteiger partial charge is 0.435 e. The Morgan fingerprint density at radius 1 is 1.21 bits per heavy atom. The number of aryl methyl sites for hydroxylation is 2. The summed E-state index contributed by atoms with van der Waals surface area (Å²) in [5, 5.41) is 11.0. The van der Waals surface area contributed by atoms with Crippen LogP contribution in [0.4, 0.5) is 13.2 Å². The lowest BCUT2D eigenvalue weighted by atomic mass is 10.3. The van der Waals surface area contributed by atoms with Gasteiger partial charge >= 0.3 is 6.18 Å². The van der Waals surface area contributed by atoms with Gasteiger partial charge in [0.2, 0.25) is 0 Å². The van der Waals surface area contributed by atoms with Crippen LogP contribution in [-0.2, 0) is 41.1 Å². The first-order chi connectivity index (χ1) is 11.0. The number of rotatable bonds is 6. The van der Waals surface area contributed by atoms with Crippen molar-refractivity contribution in [1.29, 1.82) is 0 Å². The van der Waals surface area contributed by atoms with Gasteiger partial charge in [-0.25, -0.2) is 8.42 Å². The average molecular weight is 365 g/mol. The maximum atomic E-state index is 12.9. The van der Waals surface area contributed by atoms with Gasteiger partial charge in [-0.3, -0.25) is 4.68 Å². The van der Waals surface area contributed by atoms with Gasteiger partial charge in [-0.15, -0.1) is 10.2 Å². The molecule has 0 aliphatic carbocycles. The van der Waals surface area contributed by atoms with Gasteiger partial charge in [0.05, 0.1) is 5.75 Å². The number of hydrogen-bond acceptors (Lipinski definition) is 5. The molecular formula is C13H18F3N5O2S. The molecule has 0 bridgehead atoms. The molecule has 2 heterocycles. The van der Waals surface area contributed by atoms with Crippen LogP contribution in [0, 0.1) is 6.92 Å². The Kier molecular flexibility index (Phi) is 5.02. The Balaban J connectivity index is 2.27. The molecule has 0 saturated heterocycles. The van der Waals surface area contributed by atoms with Gasteiger partial charge < -0.3 is 4.57 Å². The molecule has 24 heavy (non-hydrogen) atoms. The second kappa shape index (κ2) is 6.54. The van der Waals surface area contributed by atoms with Crippen LogP contribution in [0.15, 0.2) is 6.20 Å². The molecule has 0 saturated carbocycles. The first-order valence-electron chi connectivity index (χ1n) is 7.22. The van der Waals surface area contributed by atoms with Crippen molar-refractivity contribution < 1.29 is 21.6 Å². The predicted molar refractivity (Wildman–Crippen MR) is 79.6 cm³/mol. The molecule has 134 valence electrons. The first-order valence-corrected chi connectivity index (χ1v) is 9.04. The summed E-state index contributed by atoms with van der Waals surface area (Å²) < 4.78 is 66.1. The topological polar surface area (TPSA) is 82.7 Å². The van der Waals surface area contributed by atoms with E-state index in [2.05, 4.69) is 15.3 Å². The highest BCUT2D eigenvalue weighted by atomic mass is 32.2. The fourth-order valence-corrected chi connectivity index (χ4v) is 3.81. The fraction of sp³-hybridized carbons (Fsp3) is 0.615. The van der Waals surface area contributed by atoms with Crippen molar-refractivity contribution in [3.05, 3.63) is 29.1 Å². The summed E-state index contributed by atoms with van der Waals surface area (Å²) in [5.74, 6) is -0.431. The molecular weight excluding hydrogens is 347 g/mol. The zero-order valence-corrected chi connectivity index (χ0v) is 14.3. The predicted octanol–water partition coefficient (Wildman–Crippen LogP) is 1.86. The Morgan fingerprint density at radius 3 is 2.46 bits per heavy atom. The SMILES string of the molecule is CCCn1c(C)nnc1CS(=O)(=O)Cc1cn(C)nc1C(F)(F)F. The summed E-state index contributed by atoms with van der Waals surface area (Å²) in [4.78, 5) is 0. The number of alkyl halides is 3. The maximum Gasteiger partial charge on any atom is 0.435 e. The summed E-state index contributed by atoms with van der Waals surface area (Å²) in [6, 6.07) is 0. The van der Waals surface area contributed by atoms with Crippen LogP contribution in [-0.4, -0.2) is 33.0 Å². The Bertz CT molecular complexity index is 823. The van der Waals surface area contributed by atoms with Gasteiger partial charge in [-0.1, -0.05) is 6.92 Å². The molecule has 0 spiro atoms. The Morgan fingerprint density at radius 2 is 1.88 bits per heavy atom. The van der Waals surface area contributed by atoms with Crippen molar-refractivity contribution in [3.63, 3.8) is 0 Å². The third kappa shape index (κ3) is 4.13.